The summed E-state index contributed by atoms with van der Waals surface area (Å²) in [7, 11) is 1.66. The highest BCUT2D eigenvalue weighted by Crippen LogP contribution is 2.31. The molecule has 1 N–H and O–H groups in total. The minimum Gasteiger partial charge on any atom is -0.497 e. The second-order valence-electron chi connectivity index (χ2n) is 8.33. The van der Waals surface area contributed by atoms with E-state index in [2.05, 4.69) is 17.4 Å². The van der Waals surface area contributed by atoms with Crippen molar-refractivity contribution < 1.29 is 14.3 Å². The third kappa shape index (κ3) is 6.26. The minimum absolute atomic E-state index is 0.0285. The van der Waals surface area contributed by atoms with Gasteiger partial charge in [-0.2, -0.15) is 0 Å². The Morgan fingerprint density at radius 2 is 1.85 bits per heavy atom. The summed E-state index contributed by atoms with van der Waals surface area (Å²) < 4.78 is 5.25. The number of methoxy groups -OCH3 is 1. The van der Waals surface area contributed by atoms with Crippen molar-refractivity contribution in [2.75, 3.05) is 20.2 Å². The van der Waals surface area contributed by atoms with Crippen LogP contribution in [0.3, 0.4) is 0 Å². The van der Waals surface area contributed by atoms with Crippen molar-refractivity contribution in [3.05, 3.63) is 29.8 Å². The first-order chi connectivity index (χ1) is 12.8. The fourth-order valence-electron chi connectivity index (χ4n) is 3.43. The SMILES string of the molecule is COc1ccc(C2CCCCCN2C(=O)CCCNC(=O)C(C)(C)C)cc1. The van der Waals surface area contributed by atoms with Gasteiger partial charge in [0.05, 0.1) is 13.2 Å². The monoisotopic (exact) mass is 374 g/mol. The zero-order valence-corrected chi connectivity index (χ0v) is 17.2. The van der Waals surface area contributed by atoms with Crippen LogP contribution >= 0.6 is 0 Å². The highest BCUT2D eigenvalue weighted by molar-refractivity contribution is 5.81. The maximum Gasteiger partial charge on any atom is 0.225 e. The summed E-state index contributed by atoms with van der Waals surface area (Å²) in [5.41, 5.74) is 0.779. The highest BCUT2D eigenvalue weighted by atomic mass is 16.5. The molecular formula is C22H34N2O3. The van der Waals surface area contributed by atoms with Crippen molar-refractivity contribution >= 4 is 11.8 Å². The molecule has 0 aliphatic carbocycles. The molecule has 1 aromatic carbocycles. The van der Waals surface area contributed by atoms with Gasteiger partial charge in [-0.3, -0.25) is 9.59 Å². The number of amides is 2. The number of benzene rings is 1. The van der Waals surface area contributed by atoms with Crippen molar-refractivity contribution in [3.8, 4) is 5.75 Å². The molecule has 2 amide bonds. The van der Waals surface area contributed by atoms with Gasteiger partial charge in [-0.1, -0.05) is 45.7 Å². The summed E-state index contributed by atoms with van der Waals surface area (Å²) in [6.45, 7) is 7.03. The maximum absolute atomic E-state index is 12.9. The second-order valence-corrected chi connectivity index (χ2v) is 8.33. The molecule has 1 atom stereocenters. The lowest BCUT2D eigenvalue weighted by Crippen LogP contribution is -2.37. The van der Waals surface area contributed by atoms with Crippen LogP contribution in [-0.4, -0.2) is 36.9 Å². The first-order valence-electron chi connectivity index (χ1n) is 10.0. The fourth-order valence-corrected chi connectivity index (χ4v) is 3.43. The average Bonchev–Trinajstić information content (AvgIpc) is 2.90. The quantitative estimate of drug-likeness (QED) is 0.763. The zero-order chi connectivity index (χ0) is 19.9. The predicted octanol–water partition coefficient (Wildman–Crippen LogP) is 4.08. The van der Waals surface area contributed by atoms with Crippen LogP contribution in [0.5, 0.6) is 5.75 Å². The summed E-state index contributed by atoms with van der Waals surface area (Å²) >= 11 is 0. The van der Waals surface area contributed by atoms with E-state index < -0.39 is 5.41 Å². The van der Waals surface area contributed by atoms with E-state index in [1.807, 2.05) is 37.8 Å². The van der Waals surface area contributed by atoms with Crippen LogP contribution in [0.2, 0.25) is 0 Å². The number of carbonyl (C=O) groups excluding carboxylic acids is 2. The molecule has 27 heavy (non-hydrogen) atoms. The van der Waals surface area contributed by atoms with E-state index in [0.717, 1.165) is 38.0 Å². The lowest BCUT2D eigenvalue weighted by molar-refractivity contribution is -0.134. The molecule has 150 valence electrons. The minimum atomic E-state index is -0.395. The number of carbonyl (C=O) groups is 2. The molecule has 5 heteroatoms. The Bertz CT molecular complexity index is 619. The van der Waals surface area contributed by atoms with Crippen LogP contribution in [0, 0.1) is 5.41 Å². The number of rotatable bonds is 6. The van der Waals surface area contributed by atoms with Crippen molar-refractivity contribution in [1.82, 2.24) is 10.2 Å². The molecule has 1 saturated heterocycles. The lowest BCUT2D eigenvalue weighted by atomic mass is 9.96. The molecule has 1 aliphatic heterocycles. The van der Waals surface area contributed by atoms with Crippen LogP contribution in [0.15, 0.2) is 24.3 Å². The van der Waals surface area contributed by atoms with Crippen LogP contribution in [0.1, 0.15) is 70.9 Å². The van der Waals surface area contributed by atoms with E-state index in [0.29, 0.717) is 19.4 Å². The molecule has 1 aromatic rings. The van der Waals surface area contributed by atoms with Gasteiger partial charge in [-0.05, 0) is 37.0 Å². The van der Waals surface area contributed by atoms with Gasteiger partial charge in [0.15, 0.2) is 0 Å². The number of nitrogens with zero attached hydrogens (tertiary/aromatic N) is 1. The van der Waals surface area contributed by atoms with E-state index in [-0.39, 0.29) is 17.9 Å². The smallest absolute Gasteiger partial charge is 0.225 e. The largest absolute Gasteiger partial charge is 0.497 e. The van der Waals surface area contributed by atoms with Gasteiger partial charge in [-0.15, -0.1) is 0 Å². The van der Waals surface area contributed by atoms with E-state index in [1.165, 1.54) is 5.56 Å². The average molecular weight is 375 g/mol. The summed E-state index contributed by atoms with van der Waals surface area (Å²) in [5, 5.41) is 2.93. The van der Waals surface area contributed by atoms with Gasteiger partial charge in [0.1, 0.15) is 5.75 Å². The lowest BCUT2D eigenvalue weighted by Gasteiger charge is -2.31. The number of nitrogens with one attached hydrogen (secondary N) is 1. The standard InChI is InChI=1S/C22H34N2O3/c1-22(2,3)21(26)23-15-8-10-20(25)24-16-7-5-6-9-19(24)17-11-13-18(27-4)14-12-17/h11-14,19H,5-10,15-16H2,1-4H3,(H,23,26). The topological polar surface area (TPSA) is 58.6 Å². The summed E-state index contributed by atoms with van der Waals surface area (Å²) in [5.74, 6) is 1.04. The molecule has 0 radical (unpaired) electrons. The molecule has 5 nitrogen and oxygen atoms in total. The van der Waals surface area contributed by atoms with Crippen LogP contribution in [-0.2, 0) is 9.59 Å². The number of likely N-dealkylation sites (tertiary alicyclic amines) is 1. The number of hydrogen-bond acceptors (Lipinski definition) is 3. The van der Waals surface area contributed by atoms with Gasteiger partial charge >= 0.3 is 0 Å². The summed E-state index contributed by atoms with van der Waals surface area (Å²) in [6.07, 6.45) is 5.50. The summed E-state index contributed by atoms with van der Waals surface area (Å²) in [6, 6.07) is 8.20. The third-order valence-corrected chi connectivity index (χ3v) is 5.11. The van der Waals surface area contributed by atoms with Crippen molar-refractivity contribution in [1.29, 1.82) is 0 Å². The van der Waals surface area contributed by atoms with Crippen molar-refractivity contribution in [2.24, 2.45) is 5.41 Å². The van der Waals surface area contributed by atoms with Gasteiger partial charge in [0.2, 0.25) is 11.8 Å². The highest BCUT2D eigenvalue weighted by Gasteiger charge is 2.26. The van der Waals surface area contributed by atoms with E-state index >= 15 is 0 Å². The predicted molar refractivity (Wildman–Crippen MR) is 108 cm³/mol. The molecule has 0 bridgehead atoms. The molecule has 1 aliphatic rings. The molecule has 1 unspecified atom stereocenters. The molecule has 0 spiro atoms. The van der Waals surface area contributed by atoms with Crippen molar-refractivity contribution in [2.45, 2.75) is 65.3 Å². The third-order valence-electron chi connectivity index (χ3n) is 5.11. The Labute approximate surface area is 163 Å². The van der Waals surface area contributed by atoms with E-state index in [9.17, 15) is 9.59 Å². The second kappa shape index (κ2) is 9.77. The van der Waals surface area contributed by atoms with Crippen LogP contribution in [0.4, 0.5) is 0 Å². The normalized spacial score (nSPS) is 17.9. The first kappa shape index (κ1) is 21.3. The van der Waals surface area contributed by atoms with Gasteiger partial charge in [0, 0.05) is 24.9 Å². The van der Waals surface area contributed by atoms with Gasteiger partial charge in [-0.25, -0.2) is 0 Å². The van der Waals surface area contributed by atoms with E-state index in [1.54, 1.807) is 7.11 Å². The zero-order valence-electron chi connectivity index (χ0n) is 17.2. The molecule has 1 heterocycles. The van der Waals surface area contributed by atoms with Gasteiger partial charge in [0.25, 0.3) is 0 Å². The van der Waals surface area contributed by atoms with Crippen LogP contribution in [0.25, 0.3) is 0 Å². The number of ether oxygens (including phenoxy) is 1. The summed E-state index contributed by atoms with van der Waals surface area (Å²) in [4.78, 5) is 26.9. The Morgan fingerprint density at radius 3 is 2.48 bits per heavy atom. The van der Waals surface area contributed by atoms with Crippen LogP contribution < -0.4 is 10.1 Å². The van der Waals surface area contributed by atoms with E-state index in [4.69, 9.17) is 4.74 Å². The Morgan fingerprint density at radius 1 is 1.15 bits per heavy atom. The Kier molecular flexibility index (Phi) is 7.69. The molecule has 0 aromatic heterocycles. The molecule has 1 fully saturated rings. The molecular weight excluding hydrogens is 340 g/mol. The maximum atomic E-state index is 12.9. The Balaban J connectivity index is 1.95. The van der Waals surface area contributed by atoms with Gasteiger partial charge < -0.3 is 15.0 Å². The Hall–Kier alpha value is -2.04. The first-order valence-corrected chi connectivity index (χ1v) is 10.0. The van der Waals surface area contributed by atoms with Crippen molar-refractivity contribution in [3.63, 3.8) is 0 Å². The fraction of sp³-hybridized carbons (Fsp3) is 0.636. The molecule has 2 rings (SSSR count). The number of hydrogen-bond donors (Lipinski definition) is 1. The molecule has 0 saturated carbocycles.